The fraction of sp³-hybridized carbons (Fsp3) is 0.143. The van der Waals surface area contributed by atoms with E-state index in [0.717, 1.165) is 0 Å². The summed E-state index contributed by atoms with van der Waals surface area (Å²) in [5.41, 5.74) is 2.72. The van der Waals surface area contributed by atoms with E-state index in [2.05, 4.69) is 5.43 Å². The Hall–Kier alpha value is -1.26. The third-order valence-electron chi connectivity index (χ3n) is 1.32. The van der Waals surface area contributed by atoms with Crippen LogP contribution in [0.2, 0.25) is 0 Å². The number of rotatable bonds is 2. The smallest absolute Gasteiger partial charge is 0.183 e. The summed E-state index contributed by atoms with van der Waals surface area (Å²) in [7, 11) is 0. The lowest BCUT2D eigenvalue weighted by Gasteiger charge is -2.04. The molecule has 4 nitrogen and oxygen atoms in total. The Labute approximate surface area is 63.7 Å². The quantitative estimate of drug-likeness (QED) is 0.305. The van der Waals surface area contributed by atoms with Crippen LogP contribution in [0, 0.1) is 0 Å². The zero-order valence-corrected chi connectivity index (χ0v) is 5.83. The predicted octanol–water partition coefficient (Wildman–Crippen LogP) is -0.916. The van der Waals surface area contributed by atoms with Crippen LogP contribution >= 0.6 is 0 Å². The third kappa shape index (κ3) is 1.83. The van der Waals surface area contributed by atoms with Crippen molar-refractivity contribution in [2.24, 2.45) is 5.84 Å². The number of nitrogens with one attached hydrogen (secondary N) is 1. The Morgan fingerprint density at radius 3 is 2.73 bits per heavy atom. The Balaban J connectivity index is 2.76. The second-order valence-corrected chi connectivity index (χ2v) is 2.15. The number of hydrogen-bond donors (Lipinski definition) is 2. The molecule has 0 spiro atoms. The van der Waals surface area contributed by atoms with Gasteiger partial charge < -0.3 is 0 Å². The van der Waals surface area contributed by atoms with Crippen molar-refractivity contribution < 1.29 is 9.59 Å². The first-order valence-electron chi connectivity index (χ1n) is 3.14. The molecule has 4 heteroatoms. The SMILES string of the molecule is NNCC1=CC(=O)C=CC1=O. The molecule has 0 aromatic carbocycles. The third-order valence-corrected chi connectivity index (χ3v) is 1.32. The molecule has 58 valence electrons. The van der Waals surface area contributed by atoms with E-state index in [-0.39, 0.29) is 18.1 Å². The van der Waals surface area contributed by atoms with Crippen molar-refractivity contribution in [1.29, 1.82) is 0 Å². The molecule has 0 heterocycles. The van der Waals surface area contributed by atoms with Crippen LogP contribution in [0.4, 0.5) is 0 Å². The maximum absolute atomic E-state index is 10.9. The van der Waals surface area contributed by atoms with Gasteiger partial charge in [0.15, 0.2) is 11.6 Å². The summed E-state index contributed by atoms with van der Waals surface area (Å²) in [5.74, 6) is 4.65. The van der Waals surface area contributed by atoms with E-state index in [0.29, 0.717) is 5.57 Å². The molecule has 0 aliphatic heterocycles. The minimum Gasteiger partial charge on any atom is -0.290 e. The Kier molecular flexibility index (Phi) is 2.30. The molecule has 11 heavy (non-hydrogen) atoms. The molecule has 0 amide bonds. The minimum absolute atomic E-state index is 0.164. The molecule has 0 aromatic heterocycles. The zero-order chi connectivity index (χ0) is 8.27. The lowest BCUT2D eigenvalue weighted by Crippen LogP contribution is -2.27. The van der Waals surface area contributed by atoms with Gasteiger partial charge in [-0.25, -0.2) is 0 Å². The molecular formula is C7H8N2O2. The van der Waals surface area contributed by atoms with Crippen LogP contribution in [0.15, 0.2) is 23.8 Å². The average Bonchev–Trinajstić information content (AvgIpc) is 1.98. The standard InChI is InChI=1S/C7H8N2O2/c8-9-4-5-3-6(10)1-2-7(5)11/h1-3,9H,4,8H2. The second-order valence-electron chi connectivity index (χ2n) is 2.15. The van der Waals surface area contributed by atoms with Gasteiger partial charge in [-0.3, -0.25) is 20.9 Å². The van der Waals surface area contributed by atoms with Crippen LogP contribution < -0.4 is 11.3 Å². The summed E-state index contributed by atoms with van der Waals surface area (Å²) < 4.78 is 0. The molecule has 0 bridgehead atoms. The number of allylic oxidation sites excluding steroid dienone is 3. The van der Waals surface area contributed by atoms with Gasteiger partial charge in [0, 0.05) is 12.1 Å². The van der Waals surface area contributed by atoms with E-state index in [1.807, 2.05) is 0 Å². The van der Waals surface area contributed by atoms with E-state index in [9.17, 15) is 9.59 Å². The highest BCUT2D eigenvalue weighted by molar-refractivity contribution is 6.17. The van der Waals surface area contributed by atoms with E-state index in [4.69, 9.17) is 5.84 Å². The first kappa shape index (κ1) is 7.84. The van der Waals surface area contributed by atoms with Crippen LogP contribution in [0.3, 0.4) is 0 Å². The molecule has 0 unspecified atom stereocenters. The number of hydrogen-bond acceptors (Lipinski definition) is 4. The highest BCUT2D eigenvalue weighted by Crippen LogP contribution is 2.02. The maximum Gasteiger partial charge on any atom is 0.183 e. The average molecular weight is 152 g/mol. The molecule has 0 saturated carbocycles. The summed E-state index contributed by atoms with van der Waals surface area (Å²) in [6.45, 7) is 0.231. The summed E-state index contributed by atoms with van der Waals surface area (Å²) in [4.78, 5) is 21.6. The van der Waals surface area contributed by atoms with Crippen LogP contribution in [0.5, 0.6) is 0 Å². The zero-order valence-electron chi connectivity index (χ0n) is 5.83. The number of hydrazine groups is 1. The molecule has 1 aliphatic carbocycles. The summed E-state index contributed by atoms with van der Waals surface area (Å²) in [6.07, 6.45) is 3.76. The highest BCUT2D eigenvalue weighted by Gasteiger charge is 2.11. The number of carbonyl (C=O) groups is 2. The van der Waals surface area contributed by atoms with Crippen molar-refractivity contribution in [3.05, 3.63) is 23.8 Å². The van der Waals surface area contributed by atoms with Gasteiger partial charge in [-0.2, -0.15) is 0 Å². The molecule has 0 fully saturated rings. The fourth-order valence-electron chi connectivity index (χ4n) is 0.804. The lowest BCUT2D eigenvalue weighted by atomic mass is 10.0. The number of ketones is 2. The Bertz CT molecular complexity index is 253. The van der Waals surface area contributed by atoms with Crippen molar-refractivity contribution in [2.75, 3.05) is 6.54 Å². The topological polar surface area (TPSA) is 72.2 Å². The predicted molar refractivity (Wildman–Crippen MR) is 39.4 cm³/mol. The molecule has 0 radical (unpaired) electrons. The highest BCUT2D eigenvalue weighted by atomic mass is 16.1. The van der Waals surface area contributed by atoms with Crippen molar-refractivity contribution in [2.45, 2.75) is 0 Å². The molecule has 0 saturated heterocycles. The summed E-state index contributed by atoms with van der Waals surface area (Å²) >= 11 is 0. The van der Waals surface area contributed by atoms with Crippen molar-refractivity contribution in [3.63, 3.8) is 0 Å². The van der Waals surface area contributed by atoms with E-state index in [1.165, 1.54) is 18.2 Å². The minimum atomic E-state index is -0.171. The van der Waals surface area contributed by atoms with Crippen LogP contribution in [-0.4, -0.2) is 18.1 Å². The van der Waals surface area contributed by atoms with Crippen molar-refractivity contribution in [1.82, 2.24) is 5.43 Å². The van der Waals surface area contributed by atoms with Gasteiger partial charge in [-0.05, 0) is 18.2 Å². The second kappa shape index (κ2) is 3.23. The molecular weight excluding hydrogens is 144 g/mol. The normalized spacial score (nSPS) is 17.0. The maximum atomic E-state index is 10.9. The van der Waals surface area contributed by atoms with Crippen molar-refractivity contribution in [3.8, 4) is 0 Å². The number of carbonyl (C=O) groups excluding carboxylic acids is 2. The summed E-state index contributed by atoms with van der Waals surface area (Å²) in [6, 6.07) is 0. The largest absolute Gasteiger partial charge is 0.290 e. The molecule has 3 N–H and O–H groups in total. The molecule has 1 aliphatic rings. The molecule has 0 atom stereocenters. The monoisotopic (exact) mass is 152 g/mol. The van der Waals surface area contributed by atoms with E-state index >= 15 is 0 Å². The van der Waals surface area contributed by atoms with Crippen LogP contribution in [0.25, 0.3) is 0 Å². The Morgan fingerprint density at radius 1 is 1.36 bits per heavy atom. The first-order chi connectivity index (χ1) is 5.24. The molecule has 1 rings (SSSR count). The van der Waals surface area contributed by atoms with Gasteiger partial charge in [-0.15, -0.1) is 0 Å². The Morgan fingerprint density at radius 2 is 2.09 bits per heavy atom. The van der Waals surface area contributed by atoms with Crippen LogP contribution in [-0.2, 0) is 9.59 Å². The van der Waals surface area contributed by atoms with Gasteiger partial charge in [0.05, 0.1) is 0 Å². The van der Waals surface area contributed by atoms with Crippen molar-refractivity contribution >= 4 is 11.6 Å². The van der Waals surface area contributed by atoms with Gasteiger partial charge >= 0.3 is 0 Å². The van der Waals surface area contributed by atoms with Gasteiger partial charge in [0.1, 0.15) is 0 Å². The van der Waals surface area contributed by atoms with Gasteiger partial charge in [-0.1, -0.05) is 0 Å². The van der Waals surface area contributed by atoms with E-state index in [1.54, 1.807) is 0 Å². The van der Waals surface area contributed by atoms with Gasteiger partial charge in [0.25, 0.3) is 0 Å². The van der Waals surface area contributed by atoms with Crippen LogP contribution in [0.1, 0.15) is 0 Å². The van der Waals surface area contributed by atoms with Gasteiger partial charge in [0.2, 0.25) is 0 Å². The van der Waals surface area contributed by atoms with E-state index < -0.39 is 0 Å². The first-order valence-corrected chi connectivity index (χ1v) is 3.14. The number of nitrogens with two attached hydrogens (primary N) is 1. The lowest BCUT2D eigenvalue weighted by molar-refractivity contribution is -0.114. The summed E-state index contributed by atoms with van der Waals surface area (Å²) in [5, 5.41) is 0. The fourth-order valence-corrected chi connectivity index (χ4v) is 0.804. The molecule has 0 aromatic rings.